The topological polar surface area (TPSA) is 84.4 Å². The van der Waals surface area contributed by atoms with Crippen LogP contribution < -0.4 is 9.47 Å². The number of imidazole rings is 1. The van der Waals surface area contributed by atoms with Crippen LogP contribution in [0.1, 0.15) is 12.7 Å². The number of aliphatic carboxylic acids is 1. The Balaban J connectivity index is 2.04. The van der Waals surface area contributed by atoms with Gasteiger partial charge in [-0.05, 0) is 48.5 Å². The Labute approximate surface area is 157 Å². The van der Waals surface area contributed by atoms with Gasteiger partial charge in [0.2, 0.25) is 0 Å². The molecule has 0 bridgehead atoms. The first-order chi connectivity index (χ1) is 13.0. The molecule has 140 valence electrons. The van der Waals surface area contributed by atoms with Crippen molar-refractivity contribution in [1.29, 1.82) is 0 Å². The van der Waals surface area contributed by atoms with E-state index in [1.807, 2.05) is 48.5 Å². The predicted octanol–water partition coefficient (Wildman–Crippen LogP) is 4.02. The molecule has 0 aliphatic heterocycles. The summed E-state index contributed by atoms with van der Waals surface area (Å²) in [4.78, 5) is 19.2. The summed E-state index contributed by atoms with van der Waals surface area (Å²) in [6.45, 7) is 1.67. The van der Waals surface area contributed by atoms with Crippen molar-refractivity contribution < 1.29 is 19.4 Å². The Morgan fingerprint density at radius 1 is 1.00 bits per heavy atom. The molecule has 1 heterocycles. The summed E-state index contributed by atoms with van der Waals surface area (Å²) in [5, 5.41) is 9.20. The van der Waals surface area contributed by atoms with E-state index in [1.165, 1.54) is 0 Å². The van der Waals surface area contributed by atoms with Crippen LogP contribution in [0.4, 0.5) is 0 Å². The van der Waals surface area contributed by atoms with Crippen molar-refractivity contribution in [2.75, 3.05) is 14.2 Å². The van der Waals surface area contributed by atoms with E-state index in [4.69, 9.17) is 9.47 Å². The average molecular weight is 366 g/mol. The zero-order chi connectivity index (χ0) is 19.4. The van der Waals surface area contributed by atoms with Crippen LogP contribution in [-0.4, -0.2) is 35.3 Å². The molecule has 0 saturated carbocycles. The second kappa shape index (κ2) is 7.95. The highest BCUT2D eigenvalue weighted by Crippen LogP contribution is 2.32. The fourth-order valence-corrected chi connectivity index (χ4v) is 2.82. The standard InChI is InChI=1S/C21H22N2O4/c1-13(21(24)25)12-18-22-19(14-4-8-16(26-2)9-5-14)20(23-18)15-6-10-17(27-3)11-7-15/h4-11,13H,12H2,1-3H3,(H,22,23)(H,24,25). The maximum Gasteiger partial charge on any atom is 0.306 e. The van der Waals surface area contributed by atoms with E-state index in [-0.39, 0.29) is 0 Å². The maximum absolute atomic E-state index is 11.2. The van der Waals surface area contributed by atoms with Gasteiger partial charge in [0, 0.05) is 17.5 Å². The van der Waals surface area contributed by atoms with E-state index >= 15 is 0 Å². The number of carboxylic acids is 1. The summed E-state index contributed by atoms with van der Waals surface area (Å²) < 4.78 is 10.4. The van der Waals surface area contributed by atoms with Gasteiger partial charge in [0.05, 0.1) is 31.5 Å². The molecule has 0 amide bonds. The highest BCUT2D eigenvalue weighted by molar-refractivity contribution is 5.79. The van der Waals surface area contributed by atoms with Gasteiger partial charge in [0.1, 0.15) is 17.3 Å². The molecular weight excluding hydrogens is 344 g/mol. The SMILES string of the molecule is COc1ccc(-c2nc(CC(C)C(=O)O)[nH]c2-c2ccc(OC)cc2)cc1. The third-order valence-corrected chi connectivity index (χ3v) is 4.42. The van der Waals surface area contributed by atoms with Gasteiger partial charge in [0.25, 0.3) is 0 Å². The highest BCUT2D eigenvalue weighted by Gasteiger charge is 2.18. The van der Waals surface area contributed by atoms with E-state index in [9.17, 15) is 9.90 Å². The minimum Gasteiger partial charge on any atom is -0.497 e. The van der Waals surface area contributed by atoms with Crippen LogP contribution in [0.15, 0.2) is 48.5 Å². The molecule has 0 aliphatic carbocycles. The normalized spacial score (nSPS) is 11.8. The number of nitrogens with one attached hydrogen (secondary N) is 1. The number of H-pyrrole nitrogens is 1. The van der Waals surface area contributed by atoms with E-state index in [1.54, 1.807) is 21.1 Å². The molecule has 1 unspecified atom stereocenters. The van der Waals surface area contributed by atoms with Gasteiger partial charge in [-0.2, -0.15) is 0 Å². The lowest BCUT2D eigenvalue weighted by Crippen LogP contribution is -2.13. The smallest absolute Gasteiger partial charge is 0.306 e. The van der Waals surface area contributed by atoms with Gasteiger partial charge < -0.3 is 19.6 Å². The average Bonchev–Trinajstić information content (AvgIpc) is 3.11. The van der Waals surface area contributed by atoms with Gasteiger partial charge >= 0.3 is 5.97 Å². The Morgan fingerprint density at radius 2 is 1.52 bits per heavy atom. The lowest BCUT2D eigenvalue weighted by molar-refractivity contribution is -0.141. The molecule has 2 N–H and O–H groups in total. The number of aromatic nitrogens is 2. The summed E-state index contributed by atoms with van der Waals surface area (Å²) in [5.74, 6) is 0.803. The molecule has 0 fully saturated rings. The first-order valence-corrected chi connectivity index (χ1v) is 8.62. The summed E-state index contributed by atoms with van der Waals surface area (Å²) in [5.41, 5.74) is 3.49. The minimum atomic E-state index is -0.844. The molecule has 3 aromatic rings. The number of hydrogen-bond donors (Lipinski definition) is 2. The van der Waals surface area contributed by atoms with Crippen LogP contribution in [0.25, 0.3) is 22.5 Å². The van der Waals surface area contributed by atoms with Crippen LogP contribution in [0, 0.1) is 5.92 Å². The first-order valence-electron chi connectivity index (χ1n) is 8.62. The zero-order valence-corrected chi connectivity index (χ0v) is 15.5. The number of ether oxygens (including phenoxy) is 2. The molecule has 2 aromatic carbocycles. The van der Waals surface area contributed by atoms with Crippen molar-refractivity contribution in [3.8, 4) is 34.0 Å². The number of methoxy groups -OCH3 is 2. The maximum atomic E-state index is 11.2. The van der Waals surface area contributed by atoms with Crippen LogP contribution in [0.3, 0.4) is 0 Å². The van der Waals surface area contributed by atoms with Crippen LogP contribution >= 0.6 is 0 Å². The van der Waals surface area contributed by atoms with Gasteiger partial charge in [0.15, 0.2) is 0 Å². The molecule has 0 saturated heterocycles. The van der Waals surface area contributed by atoms with Gasteiger partial charge in [-0.3, -0.25) is 4.79 Å². The van der Waals surface area contributed by atoms with Crippen molar-refractivity contribution in [2.45, 2.75) is 13.3 Å². The van der Waals surface area contributed by atoms with Gasteiger partial charge in [-0.25, -0.2) is 4.98 Å². The molecule has 1 aromatic heterocycles. The molecule has 6 nitrogen and oxygen atoms in total. The van der Waals surface area contributed by atoms with E-state index in [2.05, 4.69) is 9.97 Å². The zero-order valence-electron chi connectivity index (χ0n) is 15.5. The molecule has 3 rings (SSSR count). The monoisotopic (exact) mass is 366 g/mol. The van der Waals surface area contributed by atoms with Gasteiger partial charge in [-0.15, -0.1) is 0 Å². The van der Waals surface area contributed by atoms with Crippen LogP contribution in [0.5, 0.6) is 11.5 Å². The fourth-order valence-electron chi connectivity index (χ4n) is 2.82. The molecule has 0 radical (unpaired) electrons. The van der Waals surface area contributed by atoms with Crippen molar-refractivity contribution >= 4 is 5.97 Å². The van der Waals surface area contributed by atoms with Crippen molar-refractivity contribution in [2.24, 2.45) is 5.92 Å². The Kier molecular flexibility index (Phi) is 5.45. The lowest BCUT2D eigenvalue weighted by Gasteiger charge is -2.06. The molecular formula is C21H22N2O4. The second-order valence-corrected chi connectivity index (χ2v) is 6.31. The molecule has 27 heavy (non-hydrogen) atoms. The molecule has 1 atom stereocenters. The number of rotatable bonds is 7. The quantitative estimate of drug-likeness (QED) is 0.660. The van der Waals surface area contributed by atoms with Crippen LogP contribution in [-0.2, 0) is 11.2 Å². The summed E-state index contributed by atoms with van der Waals surface area (Å²) >= 11 is 0. The van der Waals surface area contributed by atoms with E-state index < -0.39 is 11.9 Å². The number of hydrogen-bond acceptors (Lipinski definition) is 4. The third-order valence-electron chi connectivity index (χ3n) is 4.42. The number of benzene rings is 2. The number of carbonyl (C=O) groups is 1. The largest absolute Gasteiger partial charge is 0.497 e. The minimum absolute atomic E-state index is 0.328. The van der Waals surface area contributed by atoms with Crippen molar-refractivity contribution in [3.05, 3.63) is 54.4 Å². The number of carboxylic acid groups (broad SMARTS) is 1. The van der Waals surface area contributed by atoms with Gasteiger partial charge in [-0.1, -0.05) is 6.92 Å². The Morgan fingerprint density at radius 3 is 2.00 bits per heavy atom. The Hall–Kier alpha value is -3.28. The van der Waals surface area contributed by atoms with E-state index in [0.717, 1.165) is 34.0 Å². The Bertz CT molecular complexity index is 849. The first kappa shape index (κ1) is 18.5. The summed E-state index contributed by atoms with van der Waals surface area (Å²) in [6.07, 6.45) is 0.328. The number of nitrogens with zero attached hydrogens (tertiary/aromatic N) is 1. The second-order valence-electron chi connectivity index (χ2n) is 6.31. The highest BCUT2D eigenvalue weighted by atomic mass is 16.5. The number of aromatic amines is 1. The van der Waals surface area contributed by atoms with E-state index in [0.29, 0.717) is 12.2 Å². The summed E-state index contributed by atoms with van der Waals surface area (Å²) in [7, 11) is 3.25. The summed E-state index contributed by atoms with van der Waals surface area (Å²) in [6, 6.07) is 15.3. The van der Waals surface area contributed by atoms with Crippen molar-refractivity contribution in [1.82, 2.24) is 9.97 Å². The lowest BCUT2D eigenvalue weighted by atomic mass is 10.0. The molecule has 0 aliphatic rings. The molecule has 0 spiro atoms. The third kappa shape index (κ3) is 4.11. The molecule has 6 heteroatoms. The fraction of sp³-hybridized carbons (Fsp3) is 0.238. The predicted molar refractivity (Wildman–Crippen MR) is 103 cm³/mol. The van der Waals surface area contributed by atoms with Crippen molar-refractivity contribution in [3.63, 3.8) is 0 Å². The van der Waals surface area contributed by atoms with Crippen LogP contribution in [0.2, 0.25) is 0 Å².